The van der Waals surface area contributed by atoms with E-state index in [0.717, 1.165) is 26.4 Å². The van der Waals surface area contributed by atoms with Crippen LogP contribution in [0.15, 0.2) is 21.0 Å². The van der Waals surface area contributed by atoms with Gasteiger partial charge in [0.2, 0.25) is 0 Å². The number of hydrogen-bond donors (Lipinski definition) is 1. The van der Waals surface area contributed by atoms with Crippen molar-refractivity contribution < 1.29 is 4.42 Å². The van der Waals surface area contributed by atoms with Crippen molar-refractivity contribution in [3.8, 4) is 0 Å². The number of thiophene rings is 1. The molecule has 0 aliphatic rings. The summed E-state index contributed by atoms with van der Waals surface area (Å²) >= 11 is 5.27. The standard InChI is InChI=1S/C12H14BrNOS/c1-6-4-9(8(3)15-6)11(14)12-10(13)5-7(2)16-12/h4-5,11H,14H2,1-3H3. The van der Waals surface area contributed by atoms with E-state index < -0.39 is 0 Å². The van der Waals surface area contributed by atoms with E-state index >= 15 is 0 Å². The molecular weight excluding hydrogens is 286 g/mol. The summed E-state index contributed by atoms with van der Waals surface area (Å²) < 4.78 is 6.60. The Hall–Kier alpha value is -0.580. The maximum Gasteiger partial charge on any atom is 0.106 e. The van der Waals surface area contributed by atoms with Gasteiger partial charge in [-0.05, 0) is 48.8 Å². The zero-order chi connectivity index (χ0) is 11.9. The summed E-state index contributed by atoms with van der Waals surface area (Å²) in [5, 5.41) is 0. The molecule has 0 radical (unpaired) electrons. The van der Waals surface area contributed by atoms with Gasteiger partial charge in [0, 0.05) is 19.8 Å². The number of rotatable bonds is 2. The number of aryl methyl sites for hydroxylation is 3. The van der Waals surface area contributed by atoms with E-state index in [1.54, 1.807) is 11.3 Å². The SMILES string of the molecule is Cc1cc(C(N)c2sc(C)cc2Br)c(C)o1. The summed E-state index contributed by atoms with van der Waals surface area (Å²) in [6.07, 6.45) is 0. The Kier molecular flexibility index (Phi) is 3.24. The Bertz CT molecular complexity index is 469. The summed E-state index contributed by atoms with van der Waals surface area (Å²) in [5.74, 6) is 1.82. The Morgan fingerprint density at radius 1 is 1.31 bits per heavy atom. The third-order valence-corrected chi connectivity index (χ3v) is 4.59. The molecule has 2 N–H and O–H groups in total. The first-order valence-corrected chi connectivity index (χ1v) is 6.68. The Morgan fingerprint density at radius 3 is 2.44 bits per heavy atom. The first-order chi connectivity index (χ1) is 7.49. The maximum absolute atomic E-state index is 6.27. The van der Waals surface area contributed by atoms with Crippen molar-refractivity contribution in [1.29, 1.82) is 0 Å². The summed E-state index contributed by atoms with van der Waals surface area (Å²) in [6.45, 7) is 5.98. The van der Waals surface area contributed by atoms with Crippen molar-refractivity contribution in [2.45, 2.75) is 26.8 Å². The van der Waals surface area contributed by atoms with Crippen LogP contribution < -0.4 is 5.73 Å². The van der Waals surface area contributed by atoms with E-state index in [2.05, 4.69) is 28.9 Å². The molecule has 0 bridgehead atoms. The maximum atomic E-state index is 6.27. The molecule has 0 spiro atoms. The lowest BCUT2D eigenvalue weighted by Gasteiger charge is -2.09. The van der Waals surface area contributed by atoms with E-state index in [9.17, 15) is 0 Å². The van der Waals surface area contributed by atoms with Gasteiger partial charge >= 0.3 is 0 Å². The van der Waals surface area contributed by atoms with Crippen LogP contribution in [0.25, 0.3) is 0 Å². The number of halogens is 1. The molecule has 2 nitrogen and oxygen atoms in total. The summed E-state index contributed by atoms with van der Waals surface area (Å²) in [5.41, 5.74) is 7.33. The molecule has 16 heavy (non-hydrogen) atoms. The molecule has 0 aromatic carbocycles. The monoisotopic (exact) mass is 299 g/mol. The van der Waals surface area contributed by atoms with Crippen LogP contribution in [0.1, 0.15) is 32.9 Å². The van der Waals surface area contributed by atoms with Crippen LogP contribution in [0.5, 0.6) is 0 Å². The largest absolute Gasteiger partial charge is 0.466 e. The van der Waals surface area contributed by atoms with Gasteiger partial charge in [0.25, 0.3) is 0 Å². The van der Waals surface area contributed by atoms with Crippen molar-refractivity contribution >= 4 is 27.3 Å². The van der Waals surface area contributed by atoms with Crippen LogP contribution in [0.2, 0.25) is 0 Å². The minimum Gasteiger partial charge on any atom is -0.466 e. The Balaban J connectivity index is 2.42. The van der Waals surface area contributed by atoms with Crippen LogP contribution in [-0.2, 0) is 0 Å². The number of hydrogen-bond acceptors (Lipinski definition) is 3. The van der Waals surface area contributed by atoms with Gasteiger partial charge < -0.3 is 10.2 Å². The molecule has 1 atom stereocenters. The zero-order valence-corrected chi connectivity index (χ0v) is 11.9. The van der Waals surface area contributed by atoms with Gasteiger partial charge in [-0.15, -0.1) is 11.3 Å². The lowest BCUT2D eigenvalue weighted by atomic mass is 10.1. The molecular formula is C12H14BrNOS. The van der Waals surface area contributed by atoms with E-state index in [4.69, 9.17) is 10.2 Å². The van der Waals surface area contributed by atoms with Crippen LogP contribution >= 0.6 is 27.3 Å². The second-order valence-corrected chi connectivity index (χ2v) is 6.06. The first-order valence-electron chi connectivity index (χ1n) is 5.07. The van der Waals surface area contributed by atoms with Gasteiger partial charge in [0.05, 0.1) is 6.04 Å². The fourth-order valence-electron chi connectivity index (χ4n) is 1.81. The van der Waals surface area contributed by atoms with Gasteiger partial charge in [-0.25, -0.2) is 0 Å². The molecule has 0 aliphatic carbocycles. The predicted octanol–water partition coefficient (Wildman–Crippen LogP) is 4.08. The van der Waals surface area contributed by atoms with Crippen LogP contribution in [0.4, 0.5) is 0 Å². The van der Waals surface area contributed by atoms with Crippen molar-refractivity contribution in [1.82, 2.24) is 0 Å². The predicted molar refractivity (Wildman–Crippen MR) is 71.0 cm³/mol. The van der Waals surface area contributed by atoms with Gasteiger partial charge in [0.15, 0.2) is 0 Å². The van der Waals surface area contributed by atoms with E-state index in [-0.39, 0.29) is 6.04 Å². The van der Waals surface area contributed by atoms with Crippen molar-refractivity contribution in [2.75, 3.05) is 0 Å². The molecule has 2 rings (SSSR count). The first kappa shape index (κ1) is 11.9. The molecule has 0 amide bonds. The highest BCUT2D eigenvalue weighted by atomic mass is 79.9. The highest BCUT2D eigenvalue weighted by Gasteiger charge is 2.19. The van der Waals surface area contributed by atoms with Crippen LogP contribution in [0, 0.1) is 20.8 Å². The molecule has 2 heterocycles. The van der Waals surface area contributed by atoms with Crippen LogP contribution in [-0.4, -0.2) is 0 Å². The number of nitrogens with two attached hydrogens (primary N) is 1. The van der Waals surface area contributed by atoms with Crippen molar-refractivity contribution in [3.63, 3.8) is 0 Å². The van der Waals surface area contributed by atoms with Gasteiger partial charge in [0.1, 0.15) is 11.5 Å². The minimum atomic E-state index is -0.106. The van der Waals surface area contributed by atoms with Crippen LogP contribution in [0.3, 0.4) is 0 Å². The summed E-state index contributed by atoms with van der Waals surface area (Å²) in [4.78, 5) is 2.41. The average molecular weight is 300 g/mol. The second-order valence-electron chi connectivity index (χ2n) is 3.92. The van der Waals surface area contributed by atoms with E-state index in [1.165, 1.54) is 4.88 Å². The third-order valence-electron chi connectivity index (χ3n) is 2.53. The Labute approximate surface area is 108 Å². The average Bonchev–Trinajstić information content (AvgIpc) is 2.68. The minimum absolute atomic E-state index is 0.106. The van der Waals surface area contributed by atoms with Crippen molar-refractivity contribution in [3.05, 3.63) is 43.4 Å². The number of furan rings is 1. The van der Waals surface area contributed by atoms with Gasteiger partial charge in [-0.1, -0.05) is 0 Å². The highest BCUT2D eigenvalue weighted by molar-refractivity contribution is 9.10. The molecule has 4 heteroatoms. The van der Waals surface area contributed by atoms with Crippen molar-refractivity contribution in [2.24, 2.45) is 5.73 Å². The second kappa shape index (κ2) is 4.35. The zero-order valence-electron chi connectivity index (χ0n) is 9.50. The normalized spacial score (nSPS) is 13.1. The molecule has 0 fully saturated rings. The topological polar surface area (TPSA) is 39.2 Å². The Morgan fingerprint density at radius 2 is 2.00 bits per heavy atom. The smallest absolute Gasteiger partial charge is 0.106 e. The van der Waals surface area contributed by atoms with E-state index in [0.29, 0.717) is 0 Å². The fraction of sp³-hybridized carbons (Fsp3) is 0.333. The van der Waals surface area contributed by atoms with Gasteiger partial charge in [-0.2, -0.15) is 0 Å². The van der Waals surface area contributed by atoms with E-state index in [1.807, 2.05) is 19.9 Å². The molecule has 0 saturated carbocycles. The van der Waals surface area contributed by atoms with Gasteiger partial charge in [-0.3, -0.25) is 0 Å². The highest BCUT2D eigenvalue weighted by Crippen LogP contribution is 2.35. The molecule has 2 aromatic rings. The lowest BCUT2D eigenvalue weighted by Crippen LogP contribution is -2.10. The molecule has 86 valence electrons. The third kappa shape index (κ3) is 2.10. The summed E-state index contributed by atoms with van der Waals surface area (Å²) in [7, 11) is 0. The molecule has 0 aliphatic heterocycles. The quantitative estimate of drug-likeness (QED) is 0.907. The molecule has 0 saturated heterocycles. The fourth-order valence-corrected chi connectivity index (χ4v) is 3.73. The molecule has 2 aromatic heterocycles. The molecule has 1 unspecified atom stereocenters. The lowest BCUT2D eigenvalue weighted by molar-refractivity contribution is 0.500. The summed E-state index contributed by atoms with van der Waals surface area (Å²) in [6, 6.07) is 4.01.